The van der Waals surface area contributed by atoms with Crippen LogP contribution in [-0.4, -0.2) is 33.2 Å². The number of nitrogens with zero attached hydrogens (tertiary/aromatic N) is 2. The zero-order valence-electron chi connectivity index (χ0n) is 20.2. The van der Waals surface area contributed by atoms with Crippen LogP contribution in [0.2, 0.25) is 0 Å². The van der Waals surface area contributed by atoms with Crippen molar-refractivity contribution in [2.24, 2.45) is 0 Å². The molecule has 2 aliphatic rings. The van der Waals surface area contributed by atoms with Crippen LogP contribution < -0.4 is 0 Å². The number of hydrogen-bond acceptors (Lipinski definition) is 6. The summed E-state index contributed by atoms with van der Waals surface area (Å²) in [4.78, 5) is 42.2. The number of aryl methyl sites for hydroxylation is 1. The Morgan fingerprint density at radius 3 is 2.46 bits per heavy atom. The van der Waals surface area contributed by atoms with Gasteiger partial charge in [0.05, 0.1) is 22.2 Å². The maximum absolute atomic E-state index is 12.4. The summed E-state index contributed by atoms with van der Waals surface area (Å²) < 4.78 is 2.40. The molecule has 3 aromatic carbocycles. The summed E-state index contributed by atoms with van der Waals surface area (Å²) in [5, 5.41) is 1.81. The van der Waals surface area contributed by atoms with Crippen LogP contribution >= 0.6 is 23.5 Å². The third kappa shape index (κ3) is 4.34. The van der Waals surface area contributed by atoms with E-state index in [0.717, 1.165) is 11.2 Å². The van der Waals surface area contributed by atoms with E-state index < -0.39 is 17.8 Å². The Hall–Kier alpha value is -3.49. The van der Waals surface area contributed by atoms with Crippen molar-refractivity contribution in [2.45, 2.75) is 35.7 Å². The highest BCUT2D eigenvalue weighted by molar-refractivity contribution is 8.16. The molecule has 8 heteroatoms. The molecule has 186 valence electrons. The Balaban J connectivity index is 1.34. The predicted octanol–water partition coefficient (Wildman–Crippen LogP) is 6.44. The molecule has 4 aromatic rings. The van der Waals surface area contributed by atoms with Gasteiger partial charge in [0, 0.05) is 45.7 Å². The van der Waals surface area contributed by atoms with Gasteiger partial charge >= 0.3 is 5.97 Å². The summed E-state index contributed by atoms with van der Waals surface area (Å²) in [5.74, 6) is -0.990. The number of hydroxylamine groups is 2. The Kier molecular flexibility index (Phi) is 6.30. The monoisotopic (exact) mass is 528 g/mol. The number of imide groups is 1. The molecule has 0 saturated carbocycles. The number of para-hydroxylation sites is 1. The summed E-state index contributed by atoms with van der Waals surface area (Å²) in [6.45, 7) is 2.09. The molecule has 0 N–H and O–H groups in total. The molecule has 0 radical (unpaired) electrons. The second kappa shape index (κ2) is 9.76. The molecule has 2 amide bonds. The average molecular weight is 529 g/mol. The first-order valence-electron chi connectivity index (χ1n) is 12.2. The van der Waals surface area contributed by atoms with Crippen molar-refractivity contribution < 1.29 is 19.2 Å². The number of carbonyl (C=O) groups is 3. The summed E-state index contributed by atoms with van der Waals surface area (Å²) >= 11 is 3.47. The van der Waals surface area contributed by atoms with Gasteiger partial charge in [-0.1, -0.05) is 54.1 Å². The lowest BCUT2D eigenvalue weighted by molar-refractivity contribution is -0.197. The SMILES string of the molecule is Cc1ccc(-n2c3c(c4ccccc42)C(SCCC(=O)ON2C(=O)CCC2=O)Sc2ccccc2-3)cc1. The molecule has 0 bridgehead atoms. The molecular weight excluding hydrogens is 504 g/mol. The minimum absolute atomic E-state index is 0.0596. The standard InChI is InChI=1S/C29H24N2O4S2/c1-18-10-12-19(13-11-18)30-22-8-4-2-6-20(22)27-28(30)21-7-3-5-9-23(21)37-29(27)36-17-16-26(34)35-31-24(32)14-15-25(31)33/h2-13,29H,14-17H2,1H3. The lowest BCUT2D eigenvalue weighted by atomic mass is 10.1. The van der Waals surface area contributed by atoms with Gasteiger partial charge in [-0.2, -0.15) is 0 Å². The normalized spacial score (nSPS) is 16.7. The fraction of sp³-hybridized carbons (Fsp3) is 0.207. The molecule has 1 aromatic heterocycles. The molecule has 1 saturated heterocycles. The third-order valence-corrected chi connectivity index (χ3v) is 9.33. The van der Waals surface area contributed by atoms with Crippen LogP contribution in [0.5, 0.6) is 0 Å². The van der Waals surface area contributed by atoms with Gasteiger partial charge in [-0.05, 0) is 31.2 Å². The van der Waals surface area contributed by atoms with Gasteiger partial charge in [-0.25, -0.2) is 4.79 Å². The molecule has 1 unspecified atom stereocenters. The number of aromatic nitrogens is 1. The van der Waals surface area contributed by atoms with Crippen molar-refractivity contribution >= 4 is 52.2 Å². The second-order valence-electron chi connectivity index (χ2n) is 9.06. The first-order chi connectivity index (χ1) is 18.0. The van der Waals surface area contributed by atoms with Crippen molar-refractivity contribution in [1.29, 1.82) is 0 Å². The van der Waals surface area contributed by atoms with Crippen molar-refractivity contribution in [2.75, 3.05) is 5.75 Å². The van der Waals surface area contributed by atoms with E-state index >= 15 is 0 Å². The van der Waals surface area contributed by atoms with Gasteiger partial charge < -0.3 is 9.40 Å². The van der Waals surface area contributed by atoms with E-state index in [2.05, 4.69) is 84.3 Å². The van der Waals surface area contributed by atoms with Crippen molar-refractivity contribution in [3.8, 4) is 16.9 Å². The topological polar surface area (TPSA) is 68.6 Å². The van der Waals surface area contributed by atoms with E-state index in [4.69, 9.17) is 4.84 Å². The Bertz CT molecular complexity index is 1530. The second-order valence-corrected chi connectivity index (χ2v) is 11.7. The van der Waals surface area contributed by atoms with E-state index in [0.29, 0.717) is 10.8 Å². The molecule has 0 aliphatic carbocycles. The zero-order valence-corrected chi connectivity index (χ0v) is 21.8. The van der Waals surface area contributed by atoms with Gasteiger partial charge in [-0.3, -0.25) is 9.59 Å². The van der Waals surface area contributed by atoms with Crippen LogP contribution in [0, 0.1) is 6.92 Å². The molecule has 6 rings (SSSR count). The maximum Gasteiger partial charge on any atom is 0.334 e. The van der Waals surface area contributed by atoms with E-state index in [1.807, 2.05) is 0 Å². The fourth-order valence-corrected chi connectivity index (χ4v) is 7.65. The number of hydrogen-bond donors (Lipinski definition) is 0. The number of carbonyl (C=O) groups excluding carboxylic acids is 3. The maximum atomic E-state index is 12.4. The van der Waals surface area contributed by atoms with E-state index in [1.54, 1.807) is 23.5 Å². The summed E-state index contributed by atoms with van der Waals surface area (Å²) in [6, 6.07) is 25.5. The van der Waals surface area contributed by atoms with Crippen molar-refractivity contribution in [1.82, 2.24) is 9.63 Å². The Morgan fingerprint density at radius 1 is 0.973 bits per heavy atom. The van der Waals surface area contributed by atoms with E-state index in [1.165, 1.54) is 32.7 Å². The quantitative estimate of drug-likeness (QED) is 0.268. The number of thioether (sulfide) groups is 2. The van der Waals surface area contributed by atoms with Crippen molar-refractivity contribution in [3.05, 3.63) is 83.9 Å². The smallest absolute Gasteiger partial charge is 0.330 e. The number of amides is 2. The van der Waals surface area contributed by atoms with Crippen LogP contribution in [0.25, 0.3) is 27.8 Å². The highest BCUT2D eigenvalue weighted by Gasteiger charge is 2.34. The predicted molar refractivity (Wildman–Crippen MR) is 146 cm³/mol. The average Bonchev–Trinajstić information content (AvgIpc) is 3.42. The van der Waals surface area contributed by atoms with E-state index in [-0.39, 0.29) is 23.8 Å². The first kappa shape index (κ1) is 23.9. The molecule has 3 heterocycles. The van der Waals surface area contributed by atoms with Crippen LogP contribution in [0.4, 0.5) is 0 Å². The molecular formula is C29H24N2O4S2. The molecule has 6 nitrogen and oxygen atoms in total. The molecule has 0 spiro atoms. The van der Waals surface area contributed by atoms with E-state index in [9.17, 15) is 14.4 Å². The van der Waals surface area contributed by atoms with Crippen molar-refractivity contribution in [3.63, 3.8) is 0 Å². The highest BCUT2D eigenvalue weighted by atomic mass is 32.2. The minimum atomic E-state index is -0.570. The van der Waals surface area contributed by atoms with Crippen LogP contribution in [0.1, 0.15) is 35.0 Å². The van der Waals surface area contributed by atoms with Crippen LogP contribution in [0.3, 0.4) is 0 Å². The van der Waals surface area contributed by atoms with Gasteiger partial charge in [0.1, 0.15) is 0 Å². The number of fused-ring (bicyclic) bond motifs is 5. The lowest BCUT2D eigenvalue weighted by Gasteiger charge is -2.26. The molecule has 2 aliphatic heterocycles. The highest BCUT2D eigenvalue weighted by Crippen LogP contribution is 2.57. The summed E-state index contributed by atoms with van der Waals surface area (Å²) in [5.41, 5.74) is 7.07. The lowest BCUT2D eigenvalue weighted by Crippen LogP contribution is -2.32. The van der Waals surface area contributed by atoms with Gasteiger partial charge in [-0.15, -0.1) is 28.6 Å². The van der Waals surface area contributed by atoms with Gasteiger partial charge in [0.15, 0.2) is 0 Å². The van der Waals surface area contributed by atoms with Crippen LogP contribution in [0.15, 0.2) is 77.7 Å². The minimum Gasteiger partial charge on any atom is -0.330 e. The zero-order chi connectivity index (χ0) is 25.5. The largest absolute Gasteiger partial charge is 0.334 e. The van der Waals surface area contributed by atoms with Gasteiger partial charge in [0.25, 0.3) is 11.8 Å². The number of benzene rings is 3. The van der Waals surface area contributed by atoms with Crippen LogP contribution in [-0.2, 0) is 19.2 Å². The molecule has 1 fully saturated rings. The third-order valence-electron chi connectivity index (χ3n) is 6.59. The molecule has 1 atom stereocenters. The first-order valence-corrected chi connectivity index (χ1v) is 14.1. The summed E-state index contributed by atoms with van der Waals surface area (Å²) in [6.07, 6.45) is 0.284. The Morgan fingerprint density at radius 2 is 1.68 bits per heavy atom. The molecule has 37 heavy (non-hydrogen) atoms. The summed E-state index contributed by atoms with van der Waals surface area (Å²) in [7, 11) is 0. The van der Waals surface area contributed by atoms with Gasteiger partial charge in [0.2, 0.25) is 0 Å². The fourth-order valence-electron chi connectivity index (χ4n) is 4.84. The Labute approximate surface area is 222 Å². The number of rotatable bonds is 6.